The van der Waals surface area contributed by atoms with Gasteiger partial charge in [0.05, 0.1) is 10.8 Å². The predicted molar refractivity (Wildman–Crippen MR) is 107 cm³/mol. The number of hydrogen-bond acceptors (Lipinski definition) is 4. The number of amides is 1. The molecular formula is C20H22ClN3O3. The third kappa shape index (κ3) is 4.12. The fourth-order valence-electron chi connectivity index (χ4n) is 4.02. The van der Waals surface area contributed by atoms with Crippen LogP contribution in [-0.2, 0) is 4.79 Å². The Balaban J connectivity index is 0.00000210. The molecule has 0 radical (unpaired) electrons. The first-order chi connectivity index (χ1) is 12.6. The average Bonchev–Trinajstić information content (AvgIpc) is 2.69. The fourth-order valence-corrected chi connectivity index (χ4v) is 4.02. The molecule has 3 aliphatic heterocycles. The van der Waals surface area contributed by atoms with Gasteiger partial charge in [-0.15, -0.1) is 12.4 Å². The monoisotopic (exact) mass is 387 g/mol. The van der Waals surface area contributed by atoms with E-state index in [0.29, 0.717) is 5.92 Å². The van der Waals surface area contributed by atoms with Crippen LogP contribution in [0, 0.1) is 22.0 Å². The lowest BCUT2D eigenvalue weighted by Gasteiger charge is -2.43. The Labute approximate surface area is 164 Å². The first-order valence-electron chi connectivity index (χ1n) is 8.98. The van der Waals surface area contributed by atoms with E-state index in [9.17, 15) is 14.9 Å². The van der Waals surface area contributed by atoms with Gasteiger partial charge in [-0.1, -0.05) is 12.1 Å². The Morgan fingerprint density at radius 3 is 2.04 bits per heavy atom. The van der Waals surface area contributed by atoms with Gasteiger partial charge in [0.2, 0.25) is 5.91 Å². The van der Waals surface area contributed by atoms with Crippen LogP contribution in [0.25, 0.3) is 11.1 Å². The van der Waals surface area contributed by atoms with Crippen LogP contribution in [0.15, 0.2) is 48.5 Å². The summed E-state index contributed by atoms with van der Waals surface area (Å²) in [5.41, 5.74) is 2.74. The quantitative estimate of drug-likeness (QED) is 0.636. The van der Waals surface area contributed by atoms with E-state index in [1.54, 1.807) is 12.1 Å². The van der Waals surface area contributed by atoms with Crippen molar-refractivity contribution in [1.29, 1.82) is 0 Å². The zero-order valence-electron chi connectivity index (χ0n) is 14.8. The molecule has 3 aliphatic rings. The predicted octanol–water partition coefficient (Wildman–Crippen LogP) is 3.96. The molecule has 5 rings (SSSR count). The molecule has 3 heterocycles. The summed E-state index contributed by atoms with van der Waals surface area (Å²) in [6.45, 7) is 3.12. The largest absolute Gasteiger partial charge is 0.326 e. The number of benzene rings is 2. The lowest BCUT2D eigenvalue weighted by molar-refractivity contribution is -0.384. The second-order valence-corrected chi connectivity index (χ2v) is 7.12. The molecule has 2 aromatic rings. The van der Waals surface area contributed by atoms with E-state index in [2.05, 4.69) is 10.2 Å². The van der Waals surface area contributed by atoms with Crippen molar-refractivity contribution in [2.45, 2.75) is 12.8 Å². The van der Waals surface area contributed by atoms with Crippen LogP contribution in [-0.4, -0.2) is 35.4 Å². The van der Waals surface area contributed by atoms with Crippen LogP contribution in [0.1, 0.15) is 12.8 Å². The minimum atomic E-state index is -0.406. The number of rotatable bonds is 4. The lowest BCUT2D eigenvalue weighted by Crippen LogP contribution is -2.51. The number of anilines is 1. The fraction of sp³-hybridized carbons (Fsp3) is 0.350. The van der Waals surface area contributed by atoms with Crippen molar-refractivity contribution in [3.05, 3.63) is 58.6 Å². The maximum Gasteiger partial charge on any atom is 0.269 e. The number of non-ortho nitro benzene ring substituents is 1. The summed E-state index contributed by atoms with van der Waals surface area (Å²) in [4.78, 5) is 25.3. The van der Waals surface area contributed by atoms with Gasteiger partial charge in [0, 0.05) is 24.4 Å². The lowest BCUT2D eigenvalue weighted by atomic mass is 9.78. The van der Waals surface area contributed by atoms with Crippen LogP contribution >= 0.6 is 12.4 Å². The molecule has 1 amide bonds. The number of nitrogens with one attached hydrogen (secondary N) is 1. The number of nitrogens with zero attached hydrogens (tertiary/aromatic N) is 2. The average molecular weight is 388 g/mol. The summed E-state index contributed by atoms with van der Waals surface area (Å²) >= 11 is 0. The summed E-state index contributed by atoms with van der Waals surface area (Å²) in [7, 11) is 0. The highest BCUT2D eigenvalue weighted by molar-refractivity contribution is 5.93. The molecule has 27 heavy (non-hydrogen) atoms. The van der Waals surface area contributed by atoms with Crippen molar-refractivity contribution >= 4 is 29.7 Å². The molecular weight excluding hydrogens is 366 g/mol. The maximum absolute atomic E-state index is 12.6. The van der Waals surface area contributed by atoms with E-state index in [-0.39, 0.29) is 29.9 Å². The highest BCUT2D eigenvalue weighted by Gasteiger charge is 2.38. The molecule has 0 saturated carbocycles. The number of carbonyl (C=O) groups excluding carboxylic acids is 1. The Morgan fingerprint density at radius 2 is 1.56 bits per heavy atom. The maximum atomic E-state index is 12.6. The van der Waals surface area contributed by atoms with Crippen LogP contribution in [0.5, 0.6) is 0 Å². The molecule has 0 spiro atoms. The van der Waals surface area contributed by atoms with Crippen molar-refractivity contribution in [2.24, 2.45) is 11.8 Å². The van der Waals surface area contributed by atoms with Gasteiger partial charge in [0.1, 0.15) is 0 Å². The number of nitro groups is 1. The van der Waals surface area contributed by atoms with Crippen molar-refractivity contribution in [1.82, 2.24) is 4.90 Å². The third-order valence-corrected chi connectivity index (χ3v) is 5.56. The minimum absolute atomic E-state index is 0. The van der Waals surface area contributed by atoms with Crippen molar-refractivity contribution in [3.8, 4) is 11.1 Å². The Morgan fingerprint density at radius 1 is 1.00 bits per heavy atom. The highest BCUT2D eigenvalue weighted by Crippen LogP contribution is 2.33. The Bertz CT molecular complexity index is 815. The molecule has 2 bridgehead atoms. The van der Waals surface area contributed by atoms with Crippen molar-refractivity contribution in [3.63, 3.8) is 0 Å². The van der Waals surface area contributed by atoms with Crippen molar-refractivity contribution in [2.75, 3.05) is 25.0 Å². The van der Waals surface area contributed by atoms with Crippen LogP contribution in [0.3, 0.4) is 0 Å². The van der Waals surface area contributed by atoms with Gasteiger partial charge >= 0.3 is 0 Å². The second kappa shape index (κ2) is 8.06. The molecule has 142 valence electrons. The smallest absolute Gasteiger partial charge is 0.269 e. The van der Waals surface area contributed by atoms with Crippen LogP contribution in [0.4, 0.5) is 11.4 Å². The van der Waals surface area contributed by atoms with Gasteiger partial charge in [0.25, 0.3) is 5.69 Å². The van der Waals surface area contributed by atoms with Gasteiger partial charge in [-0.2, -0.15) is 0 Å². The molecule has 7 heteroatoms. The molecule has 3 saturated heterocycles. The van der Waals surface area contributed by atoms with Crippen LogP contribution < -0.4 is 5.32 Å². The van der Waals surface area contributed by atoms with Gasteiger partial charge in [0.15, 0.2) is 0 Å². The first kappa shape index (κ1) is 19.3. The number of fused-ring (bicyclic) bond motifs is 3. The number of piperidine rings is 3. The summed E-state index contributed by atoms with van der Waals surface area (Å²) in [6, 6.07) is 14.1. The summed E-state index contributed by atoms with van der Waals surface area (Å²) in [5, 5.41) is 13.8. The van der Waals surface area contributed by atoms with E-state index in [4.69, 9.17) is 0 Å². The summed E-state index contributed by atoms with van der Waals surface area (Å²) in [6.07, 6.45) is 2.24. The highest BCUT2D eigenvalue weighted by atomic mass is 35.5. The number of hydrogen-bond donors (Lipinski definition) is 1. The summed E-state index contributed by atoms with van der Waals surface area (Å²) < 4.78 is 0. The van der Waals surface area contributed by atoms with Gasteiger partial charge < -0.3 is 10.2 Å². The van der Waals surface area contributed by atoms with Gasteiger partial charge in [-0.3, -0.25) is 14.9 Å². The first-order valence-corrected chi connectivity index (χ1v) is 8.98. The second-order valence-electron chi connectivity index (χ2n) is 7.12. The Kier molecular flexibility index (Phi) is 5.77. The van der Waals surface area contributed by atoms with E-state index >= 15 is 0 Å². The normalized spacial score (nSPS) is 23.3. The Hall–Kier alpha value is -2.44. The van der Waals surface area contributed by atoms with Gasteiger partial charge in [-0.25, -0.2) is 0 Å². The number of carbonyl (C=O) groups is 1. The molecule has 6 nitrogen and oxygen atoms in total. The van der Waals surface area contributed by atoms with Gasteiger partial charge in [-0.05, 0) is 67.2 Å². The molecule has 2 aromatic carbocycles. The zero-order valence-corrected chi connectivity index (χ0v) is 15.7. The standard InChI is InChI=1S/C20H21N3O3.ClH/c24-20(19-13-22-11-9-16(19)10-12-22)21-17-5-1-14(2-6-17)15-3-7-18(8-4-15)23(25)26;/h1-8,16,19H,9-13H2,(H,21,24);1H. The SMILES string of the molecule is Cl.O=C(Nc1ccc(-c2ccc([N+](=O)[O-])cc2)cc1)C1CN2CCC1CC2. The molecule has 0 aliphatic carbocycles. The third-order valence-electron chi connectivity index (χ3n) is 5.56. The zero-order chi connectivity index (χ0) is 18.1. The van der Waals surface area contributed by atoms with E-state index in [1.165, 1.54) is 12.1 Å². The molecule has 0 aromatic heterocycles. The number of halogens is 1. The molecule has 1 N–H and O–H groups in total. The topological polar surface area (TPSA) is 75.5 Å². The molecule has 1 unspecified atom stereocenters. The number of nitro benzene ring substituents is 1. The van der Waals surface area contributed by atoms with Crippen LogP contribution in [0.2, 0.25) is 0 Å². The van der Waals surface area contributed by atoms with Crippen molar-refractivity contribution < 1.29 is 9.72 Å². The molecule has 1 atom stereocenters. The minimum Gasteiger partial charge on any atom is -0.326 e. The van der Waals surface area contributed by atoms with E-state index < -0.39 is 4.92 Å². The molecule has 3 fully saturated rings. The van der Waals surface area contributed by atoms with E-state index in [0.717, 1.165) is 49.3 Å². The summed E-state index contributed by atoms with van der Waals surface area (Å²) in [5.74, 6) is 0.716. The van der Waals surface area contributed by atoms with E-state index in [1.807, 2.05) is 24.3 Å².